The van der Waals surface area contributed by atoms with Gasteiger partial charge in [-0.25, -0.2) is 0 Å². The predicted molar refractivity (Wildman–Crippen MR) is 126 cm³/mol. The van der Waals surface area contributed by atoms with Crippen molar-refractivity contribution in [3.63, 3.8) is 0 Å². The molecule has 0 radical (unpaired) electrons. The number of nitrogens with zero attached hydrogens (tertiary/aromatic N) is 1. The SMILES string of the molecule is CCOc1ccc(Br)cc1C(=O)NC(=S)N1CCNC(=O)C1CC(=O)OC1CCCCC1. The fraction of sp³-hybridized carbons (Fsp3) is 0.545. The molecule has 1 heterocycles. The van der Waals surface area contributed by atoms with Crippen molar-refractivity contribution in [2.75, 3.05) is 19.7 Å². The molecular formula is C22H28BrN3O5S. The second-order valence-corrected chi connectivity index (χ2v) is 9.09. The van der Waals surface area contributed by atoms with Gasteiger partial charge in [-0.1, -0.05) is 22.4 Å². The van der Waals surface area contributed by atoms with Crippen LogP contribution in [-0.4, -0.2) is 59.6 Å². The summed E-state index contributed by atoms with van der Waals surface area (Å²) in [6.45, 7) is 2.98. The van der Waals surface area contributed by atoms with Gasteiger partial charge in [0.2, 0.25) is 5.91 Å². The van der Waals surface area contributed by atoms with Crippen LogP contribution in [0.25, 0.3) is 0 Å². The number of halogens is 1. The summed E-state index contributed by atoms with van der Waals surface area (Å²) < 4.78 is 11.8. The molecule has 1 aliphatic carbocycles. The summed E-state index contributed by atoms with van der Waals surface area (Å²) >= 11 is 8.81. The number of amides is 2. The van der Waals surface area contributed by atoms with Crippen LogP contribution in [-0.2, 0) is 14.3 Å². The lowest BCUT2D eigenvalue weighted by molar-refractivity contribution is -0.153. The summed E-state index contributed by atoms with van der Waals surface area (Å²) in [6.07, 6.45) is 4.75. The molecule has 32 heavy (non-hydrogen) atoms. The van der Waals surface area contributed by atoms with Crippen molar-refractivity contribution in [2.45, 2.75) is 57.6 Å². The molecule has 1 aliphatic heterocycles. The lowest BCUT2D eigenvalue weighted by atomic mass is 9.98. The highest BCUT2D eigenvalue weighted by Gasteiger charge is 2.35. The molecule has 0 spiro atoms. The molecular weight excluding hydrogens is 498 g/mol. The fourth-order valence-electron chi connectivity index (χ4n) is 3.93. The number of nitrogens with one attached hydrogen (secondary N) is 2. The molecule has 2 amide bonds. The number of hydrogen-bond donors (Lipinski definition) is 2. The molecule has 2 aliphatic rings. The van der Waals surface area contributed by atoms with E-state index in [1.165, 1.54) is 0 Å². The lowest BCUT2D eigenvalue weighted by Gasteiger charge is -2.36. The van der Waals surface area contributed by atoms with Crippen LogP contribution in [0.2, 0.25) is 0 Å². The van der Waals surface area contributed by atoms with Crippen LogP contribution in [0.1, 0.15) is 55.8 Å². The number of hydrogen-bond acceptors (Lipinski definition) is 6. The second kappa shape index (κ2) is 11.6. The Bertz CT molecular complexity index is 875. The topological polar surface area (TPSA) is 97.0 Å². The van der Waals surface area contributed by atoms with Crippen LogP contribution in [0.15, 0.2) is 22.7 Å². The molecule has 2 fully saturated rings. The Kier molecular flexibility index (Phi) is 8.86. The molecule has 1 aromatic carbocycles. The number of esters is 1. The maximum absolute atomic E-state index is 12.9. The maximum Gasteiger partial charge on any atom is 0.308 e. The summed E-state index contributed by atoms with van der Waals surface area (Å²) in [4.78, 5) is 39.5. The molecule has 1 atom stereocenters. The highest BCUT2D eigenvalue weighted by Crippen LogP contribution is 2.24. The number of piperazine rings is 1. The minimum atomic E-state index is -0.832. The molecule has 1 unspecified atom stereocenters. The normalized spacial score (nSPS) is 19.1. The van der Waals surface area contributed by atoms with Crippen molar-refractivity contribution in [1.82, 2.24) is 15.5 Å². The Morgan fingerprint density at radius 1 is 1.28 bits per heavy atom. The number of ether oxygens (including phenoxy) is 2. The average molecular weight is 526 g/mol. The molecule has 1 saturated carbocycles. The quantitative estimate of drug-likeness (QED) is 0.435. The first kappa shape index (κ1) is 24.4. The Morgan fingerprint density at radius 2 is 2.03 bits per heavy atom. The van der Waals surface area contributed by atoms with E-state index < -0.39 is 17.9 Å². The number of carbonyl (C=O) groups is 3. The van der Waals surface area contributed by atoms with Crippen LogP contribution < -0.4 is 15.4 Å². The number of benzene rings is 1. The van der Waals surface area contributed by atoms with Crippen molar-refractivity contribution in [3.05, 3.63) is 28.2 Å². The molecule has 8 nitrogen and oxygen atoms in total. The van der Waals surface area contributed by atoms with Crippen molar-refractivity contribution < 1.29 is 23.9 Å². The summed E-state index contributed by atoms with van der Waals surface area (Å²) in [7, 11) is 0. The minimum absolute atomic E-state index is 0.0859. The van der Waals surface area contributed by atoms with E-state index in [0.717, 1.165) is 36.6 Å². The molecule has 1 saturated heterocycles. The van der Waals surface area contributed by atoms with Crippen LogP contribution >= 0.6 is 28.1 Å². The second-order valence-electron chi connectivity index (χ2n) is 7.79. The third-order valence-corrected chi connectivity index (χ3v) is 6.34. The van der Waals surface area contributed by atoms with E-state index in [2.05, 4.69) is 26.6 Å². The monoisotopic (exact) mass is 525 g/mol. The third-order valence-electron chi connectivity index (χ3n) is 5.51. The first-order valence-corrected chi connectivity index (χ1v) is 12.1. The van der Waals surface area contributed by atoms with Gasteiger partial charge in [-0.15, -0.1) is 0 Å². The number of rotatable bonds is 6. The van der Waals surface area contributed by atoms with Crippen molar-refractivity contribution in [3.8, 4) is 5.75 Å². The summed E-state index contributed by atoms with van der Waals surface area (Å²) in [5.41, 5.74) is 0.318. The van der Waals surface area contributed by atoms with Gasteiger partial charge < -0.3 is 19.7 Å². The van der Waals surface area contributed by atoms with Crippen molar-refractivity contribution in [1.29, 1.82) is 0 Å². The van der Waals surface area contributed by atoms with E-state index in [1.54, 1.807) is 23.1 Å². The maximum atomic E-state index is 12.9. The Balaban J connectivity index is 1.67. The molecule has 0 bridgehead atoms. The zero-order valence-corrected chi connectivity index (χ0v) is 20.4. The summed E-state index contributed by atoms with van der Waals surface area (Å²) in [6, 6.07) is 4.29. The van der Waals surface area contributed by atoms with E-state index >= 15 is 0 Å². The molecule has 2 N–H and O–H groups in total. The van der Waals surface area contributed by atoms with Gasteiger partial charge in [-0.05, 0) is 63.0 Å². The first-order valence-electron chi connectivity index (χ1n) is 10.9. The van der Waals surface area contributed by atoms with E-state index in [0.29, 0.717) is 31.0 Å². The van der Waals surface area contributed by atoms with Gasteiger partial charge >= 0.3 is 5.97 Å². The fourth-order valence-corrected chi connectivity index (χ4v) is 4.61. The van der Waals surface area contributed by atoms with Crippen molar-refractivity contribution >= 4 is 51.0 Å². The smallest absolute Gasteiger partial charge is 0.308 e. The molecule has 1 aromatic rings. The van der Waals surface area contributed by atoms with Gasteiger partial charge in [-0.2, -0.15) is 0 Å². The van der Waals surface area contributed by atoms with Crippen LogP contribution in [0.5, 0.6) is 5.75 Å². The molecule has 174 valence electrons. The van der Waals surface area contributed by atoms with Gasteiger partial charge in [0.15, 0.2) is 5.11 Å². The summed E-state index contributed by atoms with van der Waals surface area (Å²) in [5, 5.41) is 5.53. The third kappa shape index (κ3) is 6.41. The summed E-state index contributed by atoms with van der Waals surface area (Å²) in [5.74, 6) is -0.760. The molecule has 10 heteroatoms. The minimum Gasteiger partial charge on any atom is -0.493 e. The highest BCUT2D eigenvalue weighted by molar-refractivity contribution is 9.10. The van der Waals surface area contributed by atoms with Gasteiger partial charge in [0.1, 0.15) is 17.9 Å². The largest absolute Gasteiger partial charge is 0.493 e. The number of carbonyl (C=O) groups excluding carboxylic acids is 3. The zero-order chi connectivity index (χ0) is 23.1. The molecule has 3 rings (SSSR count). The standard InChI is InChI=1S/C22H28BrN3O5S/c1-2-30-18-9-8-14(23)12-16(18)20(28)25-22(32)26-11-10-24-21(29)17(26)13-19(27)31-15-6-4-3-5-7-15/h8-9,12,15,17H,2-7,10-11,13H2,1H3,(H,24,29)(H,25,28,32). The van der Waals surface area contributed by atoms with Gasteiger partial charge in [-0.3, -0.25) is 19.7 Å². The van der Waals surface area contributed by atoms with Crippen LogP contribution in [0, 0.1) is 0 Å². The average Bonchev–Trinajstić information content (AvgIpc) is 2.77. The van der Waals surface area contributed by atoms with E-state index in [4.69, 9.17) is 21.7 Å². The van der Waals surface area contributed by atoms with Gasteiger partial charge in [0.25, 0.3) is 5.91 Å². The Labute approximate surface area is 201 Å². The van der Waals surface area contributed by atoms with Crippen molar-refractivity contribution in [2.24, 2.45) is 0 Å². The van der Waals surface area contributed by atoms with Gasteiger partial charge in [0.05, 0.1) is 18.6 Å². The first-order chi connectivity index (χ1) is 15.4. The van der Waals surface area contributed by atoms with Crippen LogP contribution in [0.3, 0.4) is 0 Å². The van der Waals surface area contributed by atoms with E-state index in [9.17, 15) is 14.4 Å². The zero-order valence-electron chi connectivity index (χ0n) is 18.0. The predicted octanol–water partition coefficient (Wildman–Crippen LogP) is 2.93. The Hall–Kier alpha value is -2.20. The van der Waals surface area contributed by atoms with E-state index in [-0.39, 0.29) is 23.5 Å². The van der Waals surface area contributed by atoms with Crippen LogP contribution in [0.4, 0.5) is 0 Å². The van der Waals surface area contributed by atoms with Gasteiger partial charge in [0, 0.05) is 17.6 Å². The number of thiocarbonyl (C=S) groups is 1. The van der Waals surface area contributed by atoms with E-state index in [1.807, 2.05) is 6.92 Å². The highest BCUT2D eigenvalue weighted by atomic mass is 79.9. The lowest BCUT2D eigenvalue weighted by Crippen LogP contribution is -2.60. The molecule has 0 aromatic heterocycles. The Morgan fingerprint density at radius 3 is 2.75 bits per heavy atom.